The number of hydrogen-bond donors (Lipinski definition) is 5. The van der Waals surface area contributed by atoms with Crippen LogP contribution in [0.2, 0.25) is 0 Å². The molecule has 3 heterocycles. The van der Waals surface area contributed by atoms with Crippen LogP contribution < -0.4 is 31.3 Å². The number of carboxylic acids is 1. The van der Waals surface area contributed by atoms with Crippen molar-refractivity contribution in [2.45, 2.75) is 151 Å². The number of primary amides is 1. The Morgan fingerprint density at radius 2 is 1.46 bits per heavy atom. The molecule has 2 aromatic carbocycles. The molecule has 2 aliphatic rings. The van der Waals surface area contributed by atoms with E-state index in [1.165, 1.54) is 17.2 Å². The van der Waals surface area contributed by atoms with Gasteiger partial charge in [-0.3, -0.25) is 43.3 Å². The number of carboxylic acid groups (broad SMARTS) is 1. The number of piperidine rings is 1. The first kappa shape index (κ1) is 75.6. The number of aromatic nitrogens is 1. The standard InChI is InChI=1S/C66H92N8O18S/c1-11-41(6)50(63(82)72(10)53(39(2)3)35-56(92-44(9)75)60-70-51(38-93-60)64(83)84)34-54(76)52-16-12-13-26-73(52)66(86)91-36-45-17-19-47(20-18-45)69-59(79)46(15-14-25-68-65(67)85)33-55(77)58(40(4)5)71-57(78)37-89-30-29-87-27-28-88-31-32-90-49-23-21-48(22-24-49)74-61(80)42(7)43(8)62(74)81/h17-24,38-41,46,50,52-53,56,58H,11-16,25-37H2,1-10H3,(H,69,79)(H,71,78)(H,83,84)(H3,67,68,85)/t41-,46+,50-,52+,53+,56+,58-/m0/s1. The summed E-state index contributed by atoms with van der Waals surface area (Å²) in [5.41, 5.74) is 7.33. The van der Waals surface area contributed by atoms with Crippen LogP contribution in [0.4, 0.5) is 21.0 Å². The van der Waals surface area contributed by atoms with Crippen LogP contribution in [0.5, 0.6) is 5.75 Å². The minimum absolute atomic E-state index is 0.0834. The molecule has 7 atom stereocenters. The third kappa shape index (κ3) is 23.1. The maximum atomic E-state index is 14.5. The number of rotatable bonds is 39. The number of Topliss-reactive ketones (excluding diaryl/α,β-unsaturated/α-hetero) is 2. The van der Waals surface area contributed by atoms with Crippen molar-refractivity contribution >= 4 is 87.9 Å². The van der Waals surface area contributed by atoms with Crippen LogP contribution in [0.25, 0.3) is 0 Å². The Morgan fingerprint density at radius 1 is 0.828 bits per heavy atom. The Kier molecular flexibility index (Phi) is 30.5. The Balaban J connectivity index is 1.07. The summed E-state index contributed by atoms with van der Waals surface area (Å²) in [4.78, 5) is 152. The number of ketones is 2. The van der Waals surface area contributed by atoms with E-state index in [0.717, 1.165) is 16.2 Å². The quantitative estimate of drug-likeness (QED) is 0.0209. The van der Waals surface area contributed by atoms with Gasteiger partial charge in [0.25, 0.3) is 11.8 Å². The number of anilines is 2. The number of ether oxygens (including phenoxy) is 6. The highest BCUT2D eigenvalue weighted by Gasteiger charge is 2.40. The summed E-state index contributed by atoms with van der Waals surface area (Å²) in [6.45, 7) is 16.9. The minimum atomic E-state index is -1.23. The first-order chi connectivity index (χ1) is 44.2. The van der Waals surface area contributed by atoms with Crippen LogP contribution in [0.3, 0.4) is 0 Å². The normalized spacial score (nSPS) is 16.1. The molecule has 2 aliphatic heterocycles. The predicted molar refractivity (Wildman–Crippen MR) is 344 cm³/mol. The maximum absolute atomic E-state index is 14.5. The van der Waals surface area contributed by atoms with E-state index in [9.17, 15) is 57.8 Å². The summed E-state index contributed by atoms with van der Waals surface area (Å²) in [6.07, 6.45) is 0.905. The van der Waals surface area contributed by atoms with Gasteiger partial charge < -0.3 is 60.1 Å². The number of likely N-dealkylation sites (tertiary alicyclic amines) is 1. The second-order valence-corrected chi connectivity index (χ2v) is 24.9. The molecule has 0 saturated carbocycles. The summed E-state index contributed by atoms with van der Waals surface area (Å²) in [7, 11) is 1.65. The summed E-state index contributed by atoms with van der Waals surface area (Å²) < 4.78 is 33.7. The van der Waals surface area contributed by atoms with Crippen LogP contribution in [0.15, 0.2) is 65.1 Å². The molecular weight excluding hydrogens is 1220 g/mol. The van der Waals surface area contributed by atoms with Gasteiger partial charge in [0.15, 0.2) is 23.4 Å². The zero-order valence-electron chi connectivity index (χ0n) is 55.0. The smallest absolute Gasteiger partial charge is 0.410 e. The van der Waals surface area contributed by atoms with Gasteiger partial charge in [0.05, 0.1) is 50.8 Å². The van der Waals surface area contributed by atoms with Crippen molar-refractivity contribution in [3.8, 4) is 5.75 Å². The maximum Gasteiger partial charge on any atom is 0.410 e. The molecular formula is C66H92N8O18S. The third-order valence-electron chi connectivity index (χ3n) is 16.5. The van der Waals surface area contributed by atoms with E-state index in [-0.39, 0.29) is 149 Å². The zero-order chi connectivity index (χ0) is 68.5. The number of carbonyl (C=O) groups excluding carboxylic acids is 10. The fraction of sp³-hybridized carbons (Fsp3) is 0.576. The Labute approximate surface area is 547 Å². The molecule has 0 bridgehead atoms. The fourth-order valence-corrected chi connectivity index (χ4v) is 11.7. The van der Waals surface area contributed by atoms with Gasteiger partial charge in [0, 0.05) is 86.4 Å². The van der Waals surface area contributed by atoms with Gasteiger partial charge in [-0.15, -0.1) is 11.3 Å². The minimum Gasteiger partial charge on any atom is -0.491 e. The number of nitrogens with two attached hydrogens (primary N) is 1. The molecule has 0 spiro atoms. The predicted octanol–water partition coefficient (Wildman–Crippen LogP) is 7.57. The highest BCUT2D eigenvalue weighted by Crippen LogP contribution is 2.34. The molecule has 1 aromatic heterocycles. The molecule has 510 valence electrons. The van der Waals surface area contributed by atoms with Crippen molar-refractivity contribution < 1.29 is 86.3 Å². The molecule has 0 radical (unpaired) electrons. The Hall–Kier alpha value is -8.14. The second-order valence-electron chi connectivity index (χ2n) is 24.0. The molecule has 1 saturated heterocycles. The largest absolute Gasteiger partial charge is 0.491 e. The number of amides is 8. The molecule has 3 aromatic rings. The van der Waals surface area contributed by atoms with Crippen LogP contribution in [-0.2, 0) is 68.6 Å². The summed E-state index contributed by atoms with van der Waals surface area (Å²) >= 11 is 1.04. The molecule has 6 N–H and O–H groups in total. The lowest BCUT2D eigenvalue weighted by atomic mass is 9.82. The number of hydrogen-bond acceptors (Lipinski definition) is 19. The monoisotopic (exact) mass is 1320 g/mol. The van der Waals surface area contributed by atoms with E-state index < -0.39 is 71.9 Å². The molecule has 26 nitrogen and oxygen atoms in total. The number of aromatic carboxylic acids is 1. The van der Waals surface area contributed by atoms with E-state index >= 15 is 0 Å². The summed E-state index contributed by atoms with van der Waals surface area (Å²) in [6, 6.07) is 10.1. The van der Waals surface area contributed by atoms with Gasteiger partial charge in [-0.1, -0.05) is 60.1 Å². The summed E-state index contributed by atoms with van der Waals surface area (Å²) in [5, 5.41) is 19.2. The highest BCUT2D eigenvalue weighted by molar-refractivity contribution is 7.09. The lowest BCUT2D eigenvalue weighted by Gasteiger charge is -2.38. The van der Waals surface area contributed by atoms with Gasteiger partial charge in [0.1, 0.15) is 30.6 Å². The van der Waals surface area contributed by atoms with Crippen LogP contribution in [0.1, 0.15) is 147 Å². The average Bonchev–Trinajstić information content (AvgIpc) is 1.72. The van der Waals surface area contributed by atoms with Gasteiger partial charge in [-0.05, 0) is 106 Å². The molecule has 8 amide bonds. The number of esters is 1. The Bertz CT molecular complexity index is 3070. The zero-order valence-corrected chi connectivity index (χ0v) is 55.8. The van der Waals surface area contributed by atoms with E-state index in [2.05, 4.69) is 20.9 Å². The van der Waals surface area contributed by atoms with Crippen LogP contribution in [0, 0.1) is 29.6 Å². The van der Waals surface area contributed by atoms with Crippen molar-refractivity contribution in [3.05, 3.63) is 81.3 Å². The van der Waals surface area contributed by atoms with Crippen molar-refractivity contribution in [1.29, 1.82) is 0 Å². The number of nitrogens with zero attached hydrogens (tertiary/aromatic N) is 4. The molecule has 27 heteroatoms. The second kappa shape index (κ2) is 37.5. The number of nitrogens with one attached hydrogen (secondary N) is 3. The molecule has 1 fully saturated rings. The first-order valence-corrected chi connectivity index (χ1v) is 32.5. The van der Waals surface area contributed by atoms with Crippen LogP contribution >= 0.6 is 11.3 Å². The summed E-state index contributed by atoms with van der Waals surface area (Å²) in [5.74, 6) is -6.30. The average molecular weight is 1320 g/mol. The van der Waals surface area contributed by atoms with Gasteiger partial charge >= 0.3 is 24.1 Å². The number of benzene rings is 2. The SMILES string of the molecule is CC[C@H](C)[C@H](CC(=O)[C@H]1CCCCN1C(=O)OCc1ccc(NC(=O)[C@H](CCCNC(N)=O)CC(=O)[C@@H](NC(=O)COCCOCCOCCOc2ccc(N3C(=O)C(C)=C(C)C3=O)cc2)C(C)C)cc1)C(=O)N(C)[C@H](C[C@@H](OC(C)=O)c1nc(C(=O)O)cs1)C(C)C. The number of imide groups is 1. The Morgan fingerprint density at radius 3 is 2.04 bits per heavy atom. The number of thiazole rings is 1. The third-order valence-corrected chi connectivity index (χ3v) is 17.4. The first-order valence-electron chi connectivity index (χ1n) is 31.6. The lowest BCUT2D eigenvalue weighted by molar-refractivity contribution is -0.149. The van der Waals surface area contributed by atoms with Crippen molar-refractivity contribution in [1.82, 2.24) is 25.4 Å². The van der Waals surface area contributed by atoms with E-state index in [4.69, 9.17) is 34.2 Å². The lowest BCUT2D eigenvalue weighted by Crippen LogP contribution is -2.50. The van der Waals surface area contributed by atoms with Gasteiger partial charge in [-0.25, -0.2) is 24.3 Å². The molecule has 0 aliphatic carbocycles. The molecule has 93 heavy (non-hydrogen) atoms. The van der Waals surface area contributed by atoms with E-state index in [1.807, 2.05) is 27.7 Å². The van der Waals surface area contributed by atoms with Crippen molar-refractivity contribution in [3.63, 3.8) is 0 Å². The van der Waals surface area contributed by atoms with Gasteiger partial charge in [-0.2, -0.15) is 0 Å². The van der Waals surface area contributed by atoms with Crippen molar-refractivity contribution in [2.24, 2.45) is 35.3 Å². The van der Waals surface area contributed by atoms with Crippen LogP contribution in [-0.4, -0.2) is 170 Å². The van der Waals surface area contributed by atoms with E-state index in [0.29, 0.717) is 65.9 Å². The highest BCUT2D eigenvalue weighted by atomic mass is 32.1. The number of urea groups is 1. The van der Waals surface area contributed by atoms with Gasteiger partial charge in [0.2, 0.25) is 17.7 Å². The fourth-order valence-electron chi connectivity index (χ4n) is 10.9. The number of carbonyl (C=O) groups is 11. The topological polar surface area (TPSA) is 348 Å². The molecule has 5 rings (SSSR count). The van der Waals surface area contributed by atoms with E-state index in [1.54, 1.807) is 88.2 Å². The molecule has 0 unspecified atom stereocenters. The van der Waals surface area contributed by atoms with Crippen molar-refractivity contribution in [2.75, 3.05) is 76.6 Å².